The molecule has 15 nitrogen and oxygen atoms in total. The number of phenolic OH excluding ortho intramolecular Hbond substituents is 3. The summed E-state index contributed by atoms with van der Waals surface area (Å²) in [6, 6.07) is 7.33. The van der Waals surface area contributed by atoms with Crippen LogP contribution < -0.4 is 10.2 Å². The number of hydrogen-bond donors (Lipinski definition) is 9. The van der Waals surface area contributed by atoms with Crippen molar-refractivity contribution in [2.24, 2.45) is 0 Å². The van der Waals surface area contributed by atoms with Crippen molar-refractivity contribution in [1.82, 2.24) is 0 Å². The molecule has 2 aliphatic rings. The van der Waals surface area contributed by atoms with Gasteiger partial charge in [-0.05, 0) is 24.3 Å². The van der Waals surface area contributed by atoms with Crippen LogP contribution in [0, 0.1) is 0 Å². The average molecular weight is 580 g/mol. The van der Waals surface area contributed by atoms with Crippen LogP contribution in [0.15, 0.2) is 45.6 Å². The predicted octanol–water partition coefficient (Wildman–Crippen LogP) is -1.78. The Morgan fingerprint density at radius 2 is 1.63 bits per heavy atom. The van der Waals surface area contributed by atoms with Gasteiger partial charge in [0.25, 0.3) is 0 Å². The van der Waals surface area contributed by atoms with E-state index in [1.54, 1.807) is 0 Å². The maximum atomic E-state index is 13.5. The van der Waals surface area contributed by atoms with Gasteiger partial charge in [0.15, 0.2) is 12.1 Å². The average Bonchev–Trinajstić information content (AvgIpc) is 3.23. The van der Waals surface area contributed by atoms with Crippen molar-refractivity contribution in [2.75, 3.05) is 19.8 Å². The Labute approximate surface area is 230 Å². The molecular formula is C26H28O15. The molecule has 2 saturated heterocycles. The predicted molar refractivity (Wildman–Crippen MR) is 134 cm³/mol. The number of fused-ring (bicyclic) bond motifs is 1. The Kier molecular flexibility index (Phi) is 7.82. The molecule has 3 heterocycles. The summed E-state index contributed by atoms with van der Waals surface area (Å²) in [6.07, 6.45) is -11.9. The van der Waals surface area contributed by atoms with Crippen LogP contribution in [-0.4, -0.2) is 114 Å². The summed E-state index contributed by atoms with van der Waals surface area (Å²) < 4.78 is 27.6. The van der Waals surface area contributed by atoms with E-state index in [1.807, 2.05) is 0 Å². The van der Waals surface area contributed by atoms with Gasteiger partial charge in [-0.1, -0.05) is 0 Å². The van der Waals surface area contributed by atoms with Gasteiger partial charge in [-0.25, -0.2) is 0 Å². The van der Waals surface area contributed by atoms with Crippen molar-refractivity contribution in [3.05, 3.63) is 46.6 Å². The third-order valence-corrected chi connectivity index (χ3v) is 6.95. The van der Waals surface area contributed by atoms with Crippen LogP contribution in [0.3, 0.4) is 0 Å². The lowest BCUT2D eigenvalue weighted by Gasteiger charge is -2.40. The lowest BCUT2D eigenvalue weighted by Crippen LogP contribution is -2.60. The van der Waals surface area contributed by atoms with Crippen LogP contribution in [-0.2, 0) is 14.2 Å². The van der Waals surface area contributed by atoms with E-state index in [1.165, 1.54) is 24.3 Å². The monoisotopic (exact) mass is 580 g/mol. The fraction of sp³-hybridized carbons (Fsp3) is 0.423. The maximum Gasteiger partial charge on any atom is 0.239 e. The van der Waals surface area contributed by atoms with Crippen molar-refractivity contribution in [3.63, 3.8) is 0 Å². The number of rotatable bonds is 7. The molecule has 0 spiro atoms. The number of ether oxygens (including phenoxy) is 4. The van der Waals surface area contributed by atoms with E-state index in [4.69, 9.17) is 23.4 Å². The Hall–Kier alpha value is -3.51. The largest absolute Gasteiger partial charge is 0.508 e. The summed E-state index contributed by atoms with van der Waals surface area (Å²) in [4.78, 5) is 13.5. The highest BCUT2D eigenvalue weighted by Gasteiger charge is 2.50. The standard InChI is InChI=1S/C26H28O15/c27-8-26(36)9-38-25(23(26)35)37-7-15-17(31)19(33)20(34)24(40-15)41-22-18(32)16-13(30)5-12(29)6-14(16)39-21(22)10-1-3-11(28)4-2-10/h1-6,15,17,19-20,23-25,27-31,33-36H,7-9H2/t15-,17-,19+,20-,23+,24+,25-,26-/m1/s1. The second kappa shape index (κ2) is 11.1. The van der Waals surface area contributed by atoms with Crippen LogP contribution >= 0.6 is 0 Å². The van der Waals surface area contributed by atoms with Gasteiger partial charge in [-0.15, -0.1) is 0 Å². The first-order valence-electron chi connectivity index (χ1n) is 12.4. The Balaban J connectivity index is 1.47. The third-order valence-electron chi connectivity index (χ3n) is 6.95. The van der Waals surface area contributed by atoms with Gasteiger partial charge in [0, 0.05) is 17.7 Å². The zero-order valence-electron chi connectivity index (χ0n) is 21.1. The topological polar surface area (TPSA) is 249 Å². The Bertz CT molecular complexity index is 1460. The summed E-state index contributed by atoms with van der Waals surface area (Å²) in [5, 5.41) is 90.7. The number of phenols is 3. The van der Waals surface area contributed by atoms with Crippen molar-refractivity contribution in [3.8, 4) is 34.3 Å². The van der Waals surface area contributed by atoms with Crippen LogP contribution in [0.5, 0.6) is 23.0 Å². The first kappa shape index (κ1) is 29.0. The van der Waals surface area contributed by atoms with Crippen LogP contribution in [0.1, 0.15) is 0 Å². The molecule has 0 aliphatic carbocycles. The van der Waals surface area contributed by atoms with Gasteiger partial charge in [-0.2, -0.15) is 0 Å². The van der Waals surface area contributed by atoms with Gasteiger partial charge in [-0.3, -0.25) is 4.79 Å². The number of aliphatic hydroxyl groups is 6. The fourth-order valence-electron chi connectivity index (χ4n) is 4.57. The van der Waals surface area contributed by atoms with Crippen LogP contribution in [0.4, 0.5) is 0 Å². The fourth-order valence-corrected chi connectivity index (χ4v) is 4.57. The molecule has 2 aromatic carbocycles. The zero-order valence-corrected chi connectivity index (χ0v) is 21.1. The first-order valence-corrected chi connectivity index (χ1v) is 12.4. The molecule has 0 bridgehead atoms. The molecule has 5 rings (SSSR count). The normalized spacial score (nSPS) is 31.9. The van der Waals surface area contributed by atoms with Gasteiger partial charge < -0.3 is 69.3 Å². The SMILES string of the molecule is O=c1c(O[C@@H]2O[C@H](CO[C@@H]3OC[C@](O)(CO)[C@H]3O)[C@@H](O)[C@H](O)[C@H]2O)c(-c2ccc(O)cc2)oc2cc(O)cc(O)c12. The molecule has 8 atom stereocenters. The molecule has 41 heavy (non-hydrogen) atoms. The minimum absolute atomic E-state index is 0.102. The number of hydrogen-bond acceptors (Lipinski definition) is 15. The molecule has 2 fully saturated rings. The zero-order chi connectivity index (χ0) is 29.6. The number of aliphatic hydroxyl groups excluding tert-OH is 5. The molecule has 0 radical (unpaired) electrons. The van der Waals surface area contributed by atoms with E-state index >= 15 is 0 Å². The van der Waals surface area contributed by atoms with E-state index < -0.39 is 91.2 Å². The number of aromatic hydroxyl groups is 3. The minimum Gasteiger partial charge on any atom is -0.508 e. The molecule has 0 saturated carbocycles. The molecule has 15 heteroatoms. The molecule has 3 aromatic rings. The molecule has 2 aliphatic heterocycles. The van der Waals surface area contributed by atoms with Gasteiger partial charge in [0.1, 0.15) is 64.3 Å². The summed E-state index contributed by atoms with van der Waals surface area (Å²) in [6.45, 7) is -1.82. The lowest BCUT2D eigenvalue weighted by atomic mass is 9.99. The lowest BCUT2D eigenvalue weighted by molar-refractivity contribution is -0.289. The highest BCUT2D eigenvalue weighted by molar-refractivity contribution is 5.88. The van der Waals surface area contributed by atoms with E-state index in [2.05, 4.69) is 0 Å². The molecular weight excluding hydrogens is 552 g/mol. The summed E-state index contributed by atoms with van der Waals surface area (Å²) in [5.41, 5.74) is -2.93. The molecule has 0 unspecified atom stereocenters. The van der Waals surface area contributed by atoms with E-state index in [9.17, 15) is 50.8 Å². The van der Waals surface area contributed by atoms with Gasteiger partial charge in [0.2, 0.25) is 17.5 Å². The Morgan fingerprint density at radius 3 is 2.29 bits per heavy atom. The first-order chi connectivity index (χ1) is 19.4. The maximum absolute atomic E-state index is 13.5. The Morgan fingerprint density at radius 1 is 0.927 bits per heavy atom. The molecule has 0 amide bonds. The van der Waals surface area contributed by atoms with Gasteiger partial charge in [0.05, 0.1) is 19.8 Å². The van der Waals surface area contributed by atoms with Crippen molar-refractivity contribution < 1.29 is 69.3 Å². The third kappa shape index (κ3) is 5.30. The van der Waals surface area contributed by atoms with Crippen LogP contribution in [0.25, 0.3) is 22.3 Å². The van der Waals surface area contributed by atoms with Gasteiger partial charge >= 0.3 is 0 Å². The smallest absolute Gasteiger partial charge is 0.239 e. The summed E-state index contributed by atoms with van der Waals surface area (Å²) in [7, 11) is 0. The molecule has 1 aromatic heterocycles. The number of benzene rings is 2. The van der Waals surface area contributed by atoms with Crippen molar-refractivity contribution >= 4 is 11.0 Å². The van der Waals surface area contributed by atoms with Crippen LogP contribution in [0.2, 0.25) is 0 Å². The van der Waals surface area contributed by atoms with Crippen molar-refractivity contribution in [1.29, 1.82) is 0 Å². The van der Waals surface area contributed by atoms with E-state index in [0.29, 0.717) is 0 Å². The molecule has 9 N–H and O–H groups in total. The summed E-state index contributed by atoms with van der Waals surface area (Å²) >= 11 is 0. The molecule has 222 valence electrons. The minimum atomic E-state index is -1.98. The van der Waals surface area contributed by atoms with Crippen molar-refractivity contribution in [2.45, 2.75) is 48.7 Å². The summed E-state index contributed by atoms with van der Waals surface area (Å²) in [5.74, 6) is -1.97. The highest BCUT2D eigenvalue weighted by Crippen LogP contribution is 2.37. The second-order valence-corrected chi connectivity index (χ2v) is 9.83. The van der Waals surface area contributed by atoms with E-state index in [0.717, 1.165) is 12.1 Å². The second-order valence-electron chi connectivity index (χ2n) is 9.83. The van der Waals surface area contributed by atoms with E-state index in [-0.39, 0.29) is 28.0 Å². The quantitative estimate of drug-likeness (QED) is 0.150. The highest BCUT2D eigenvalue weighted by atomic mass is 16.7.